The van der Waals surface area contributed by atoms with Crippen LogP contribution in [-0.2, 0) is 0 Å². The second-order valence-electron chi connectivity index (χ2n) is 4.59. The molecule has 2 heterocycles. The molecule has 2 aliphatic rings. The fourth-order valence-corrected chi connectivity index (χ4v) is 2.33. The maximum atomic E-state index is 5.83. The van der Waals surface area contributed by atoms with Crippen molar-refractivity contribution in [3.8, 4) is 11.5 Å². The smallest absolute Gasteiger partial charge is 0.169 e. The van der Waals surface area contributed by atoms with Crippen LogP contribution >= 0.6 is 0 Å². The monoisotopic (exact) mass is 231 g/mol. The van der Waals surface area contributed by atoms with E-state index in [1.807, 2.05) is 24.3 Å². The van der Waals surface area contributed by atoms with Gasteiger partial charge in [0.2, 0.25) is 0 Å². The van der Waals surface area contributed by atoms with Gasteiger partial charge < -0.3 is 9.47 Å². The van der Waals surface area contributed by atoms with Crippen LogP contribution < -0.4 is 9.47 Å². The summed E-state index contributed by atoms with van der Waals surface area (Å²) in [5.41, 5.74) is 0. The number of hydrogen-bond donors (Lipinski definition) is 0. The van der Waals surface area contributed by atoms with Gasteiger partial charge in [0.1, 0.15) is 6.26 Å². The fourth-order valence-electron chi connectivity index (χ4n) is 2.33. The van der Waals surface area contributed by atoms with Crippen molar-refractivity contribution < 1.29 is 9.47 Å². The molecule has 1 aromatic rings. The Morgan fingerprint density at radius 1 is 1.00 bits per heavy atom. The standard InChI is InChI=1S/C14H17NO2/c1-4-8-15(9-5-1)10-12-11-16-13-6-2-3-7-14(13)17-12/h2-3,6-7,11H,1,4-5,8-10H2. The highest BCUT2D eigenvalue weighted by molar-refractivity contribution is 5.42. The molecular weight excluding hydrogens is 214 g/mol. The summed E-state index contributed by atoms with van der Waals surface area (Å²) in [5, 5.41) is 0. The zero-order valence-electron chi connectivity index (χ0n) is 9.89. The van der Waals surface area contributed by atoms with Gasteiger partial charge in [-0.05, 0) is 38.1 Å². The van der Waals surface area contributed by atoms with E-state index < -0.39 is 0 Å². The number of likely N-dealkylation sites (tertiary alicyclic amines) is 1. The van der Waals surface area contributed by atoms with Crippen LogP contribution in [-0.4, -0.2) is 24.5 Å². The van der Waals surface area contributed by atoms with Crippen LogP contribution in [0.1, 0.15) is 19.3 Å². The minimum atomic E-state index is 0.801. The molecule has 3 nitrogen and oxygen atoms in total. The van der Waals surface area contributed by atoms with Gasteiger partial charge in [0, 0.05) is 0 Å². The van der Waals surface area contributed by atoms with Gasteiger partial charge >= 0.3 is 0 Å². The molecule has 0 bridgehead atoms. The molecule has 0 spiro atoms. The quantitative estimate of drug-likeness (QED) is 0.781. The fraction of sp³-hybridized carbons (Fsp3) is 0.429. The summed E-state index contributed by atoms with van der Waals surface area (Å²) in [6.07, 6.45) is 5.68. The minimum absolute atomic E-state index is 0.801. The van der Waals surface area contributed by atoms with Crippen molar-refractivity contribution in [1.29, 1.82) is 0 Å². The second-order valence-corrected chi connectivity index (χ2v) is 4.59. The van der Waals surface area contributed by atoms with Crippen molar-refractivity contribution in [2.75, 3.05) is 19.6 Å². The summed E-state index contributed by atoms with van der Waals surface area (Å²) in [7, 11) is 0. The first-order chi connectivity index (χ1) is 8.42. The first kappa shape index (κ1) is 10.7. The van der Waals surface area contributed by atoms with Gasteiger partial charge in [-0.3, -0.25) is 4.90 Å². The van der Waals surface area contributed by atoms with Crippen molar-refractivity contribution in [3.63, 3.8) is 0 Å². The molecule has 3 rings (SSSR count). The minimum Gasteiger partial charge on any atom is -0.457 e. The van der Waals surface area contributed by atoms with Gasteiger partial charge in [0.25, 0.3) is 0 Å². The third-order valence-corrected chi connectivity index (χ3v) is 3.24. The molecule has 17 heavy (non-hydrogen) atoms. The molecule has 0 atom stereocenters. The maximum Gasteiger partial charge on any atom is 0.169 e. The first-order valence-electron chi connectivity index (χ1n) is 6.27. The van der Waals surface area contributed by atoms with Gasteiger partial charge in [0.05, 0.1) is 6.54 Å². The van der Waals surface area contributed by atoms with Gasteiger partial charge in [-0.2, -0.15) is 0 Å². The highest BCUT2D eigenvalue weighted by atomic mass is 16.6. The van der Waals surface area contributed by atoms with Crippen LogP contribution in [0.4, 0.5) is 0 Å². The molecule has 0 unspecified atom stereocenters. The number of para-hydroxylation sites is 2. The molecule has 1 saturated heterocycles. The summed E-state index contributed by atoms with van der Waals surface area (Å²) in [6, 6.07) is 7.78. The molecule has 0 aliphatic carbocycles. The molecule has 0 radical (unpaired) electrons. The van der Waals surface area contributed by atoms with Crippen molar-refractivity contribution >= 4 is 0 Å². The summed E-state index contributed by atoms with van der Waals surface area (Å²) in [6.45, 7) is 3.19. The molecular formula is C14H17NO2. The van der Waals surface area contributed by atoms with Gasteiger partial charge in [-0.15, -0.1) is 0 Å². The molecule has 3 heteroatoms. The number of ether oxygens (including phenoxy) is 2. The van der Waals surface area contributed by atoms with E-state index in [-0.39, 0.29) is 0 Å². The normalized spacial score (nSPS) is 19.9. The predicted molar refractivity (Wildman–Crippen MR) is 66.1 cm³/mol. The van der Waals surface area contributed by atoms with Crippen LogP contribution in [0.3, 0.4) is 0 Å². The number of rotatable bonds is 2. The summed E-state index contributed by atoms with van der Waals surface area (Å²) in [4.78, 5) is 2.42. The molecule has 0 saturated carbocycles. The number of piperidine rings is 1. The Labute approximate surface area is 102 Å². The molecule has 1 fully saturated rings. The summed E-state index contributed by atoms with van der Waals surface area (Å²) in [5.74, 6) is 2.53. The van der Waals surface area contributed by atoms with Crippen LogP contribution in [0, 0.1) is 0 Å². The Hall–Kier alpha value is -1.48. The summed E-state index contributed by atoms with van der Waals surface area (Å²) >= 11 is 0. The third kappa shape index (κ3) is 2.44. The molecule has 0 amide bonds. The SMILES string of the molecule is C1=C(CN2CCCCC2)Oc2ccccc2O1. The Morgan fingerprint density at radius 2 is 1.76 bits per heavy atom. The molecule has 0 N–H and O–H groups in total. The number of fused-ring (bicyclic) bond motifs is 1. The Morgan fingerprint density at radius 3 is 2.59 bits per heavy atom. The largest absolute Gasteiger partial charge is 0.457 e. The van der Waals surface area contributed by atoms with Crippen LogP contribution in [0.25, 0.3) is 0 Å². The Bertz CT molecular complexity index is 422. The van der Waals surface area contributed by atoms with E-state index in [2.05, 4.69) is 4.90 Å². The van der Waals surface area contributed by atoms with Crippen molar-refractivity contribution in [2.45, 2.75) is 19.3 Å². The first-order valence-corrected chi connectivity index (χ1v) is 6.27. The third-order valence-electron chi connectivity index (χ3n) is 3.24. The number of nitrogens with zero attached hydrogens (tertiary/aromatic N) is 1. The van der Waals surface area contributed by atoms with Crippen LogP contribution in [0.2, 0.25) is 0 Å². The van der Waals surface area contributed by atoms with Crippen LogP contribution in [0.5, 0.6) is 11.5 Å². The highest BCUT2D eigenvalue weighted by Crippen LogP contribution is 2.31. The highest BCUT2D eigenvalue weighted by Gasteiger charge is 2.17. The number of hydrogen-bond acceptors (Lipinski definition) is 3. The van der Waals surface area contributed by atoms with E-state index >= 15 is 0 Å². The summed E-state index contributed by atoms with van der Waals surface area (Å²) < 4.78 is 11.4. The second kappa shape index (κ2) is 4.80. The Kier molecular flexibility index (Phi) is 3.01. The van der Waals surface area contributed by atoms with Crippen molar-refractivity contribution in [2.24, 2.45) is 0 Å². The van der Waals surface area contributed by atoms with Crippen LogP contribution in [0.15, 0.2) is 36.3 Å². The van der Waals surface area contributed by atoms with Crippen molar-refractivity contribution in [1.82, 2.24) is 4.90 Å². The van der Waals surface area contributed by atoms with E-state index in [0.717, 1.165) is 23.8 Å². The lowest BCUT2D eigenvalue weighted by Gasteiger charge is -2.28. The van der Waals surface area contributed by atoms with E-state index in [4.69, 9.17) is 9.47 Å². The zero-order chi connectivity index (χ0) is 11.5. The van der Waals surface area contributed by atoms with Gasteiger partial charge in [0.15, 0.2) is 17.3 Å². The Balaban J connectivity index is 1.64. The van der Waals surface area contributed by atoms with Gasteiger partial charge in [-0.25, -0.2) is 0 Å². The lowest BCUT2D eigenvalue weighted by Crippen LogP contribution is -2.33. The van der Waals surface area contributed by atoms with E-state index in [1.54, 1.807) is 6.26 Å². The van der Waals surface area contributed by atoms with E-state index in [9.17, 15) is 0 Å². The van der Waals surface area contributed by atoms with E-state index in [0.29, 0.717) is 0 Å². The molecule has 90 valence electrons. The van der Waals surface area contributed by atoms with E-state index in [1.165, 1.54) is 32.4 Å². The average molecular weight is 231 g/mol. The molecule has 2 aliphatic heterocycles. The van der Waals surface area contributed by atoms with Crippen molar-refractivity contribution in [3.05, 3.63) is 36.3 Å². The average Bonchev–Trinajstić information content (AvgIpc) is 2.40. The van der Waals surface area contributed by atoms with Gasteiger partial charge in [-0.1, -0.05) is 18.6 Å². The predicted octanol–water partition coefficient (Wildman–Crippen LogP) is 2.79. The lowest BCUT2D eigenvalue weighted by molar-refractivity contribution is 0.206. The maximum absolute atomic E-state index is 5.83. The molecule has 1 aromatic carbocycles. The number of benzene rings is 1. The molecule has 0 aromatic heterocycles. The lowest BCUT2D eigenvalue weighted by atomic mass is 10.1. The zero-order valence-corrected chi connectivity index (χ0v) is 9.89. The topological polar surface area (TPSA) is 21.7 Å².